The summed E-state index contributed by atoms with van der Waals surface area (Å²) in [6.45, 7) is 1.50. The first-order chi connectivity index (χ1) is 11.5. The summed E-state index contributed by atoms with van der Waals surface area (Å²) in [6, 6.07) is 0. The third kappa shape index (κ3) is 2.46. The van der Waals surface area contributed by atoms with Gasteiger partial charge in [0.25, 0.3) is 0 Å². The molecule has 0 atom stereocenters. The van der Waals surface area contributed by atoms with Crippen molar-refractivity contribution in [1.29, 1.82) is 0 Å². The minimum atomic E-state index is -4.60. The monoisotopic (exact) mass is 339 g/mol. The summed E-state index contributed by atoms with van der Waals surface area (Å²) in [7, 11) is 0. The van der Waals surface area contributed by atoms with Gasteiger partial charge in [0.2, 0.25) is 11.6 Å². The van der Waals surface area contributed by atoms with E-state index in [2.05, 4.69) is 25.0 Å². The number of hydrogen-bond acceptors (Lipinski definition) is 5. The lowest BCUT2D eigenvalue weighted by molar-refractivity contribution is -0.144. The van der Waals surface area contributed by atoms with Crippen LogP contribution in [0, 0.1) is 0 Å². The molecule has 3 aromatic rings. The maximum atomic E-state index is 12.8. The third-order valence-electron chi connectivity index (χ3n) is 3.67. The number of H-pyrrole nitrogens is 2. The molecule has 0 amide bonds. The molecule has 2 N–H and O–H groups in total. The lowest BCUT2D eigenvalue weighted by atomic mass is 10.2. The van der Waals surface area contributed by atoms with Gasteiger partial charge in [-0.15, -0.1) is 0 Å². The average Bonchev–Trinajstić information content (AvgIpc) is 3.23. The highest BCUT2D eigenvalue weighted by molar-refractivity contribution is 5.73. The highest BCUT2D eigenvalue weighted by Crippen LogP contribution is 2.33. The van der Waals surface area contributed by atoms with Gasteiger partial charge in [-0.3, -0.25) is 5.10 Å². The van der Waals surface area contributed by atoms with Crippen LogP contribution in [-0.2, 0) is 24.1 Å². The van der Waals surface area contributed by atoms with E-state index < -0.39 is 12.0 Å². The fourth-order valence-electron chi connectivity index (χ4n) is 2.65. The van der Waals surface area contributed by atoms with Crippen molar-refractivity contribution in [1.82, 2.24) is 34.7 Å². The van der Waals surface area contributed by atoms with Crippen molar-refractivity contribution >= 4 is 0 Å². The number of imidazole rings is 2. The second-order valence-electron chi connectivity index (χ2n) is 5.25. The van der Waals surface area contributed by atoms with E-state index in [-0.39, 0.29) is 18.1 Å². The molecule has 8 nitrogen and oxygen atoms in total. The molecule has 0 bridgehead atoms. The molecule has 0 aliphatic carbocycles. The van der Waals surface area contributed by atoms with Gasteiger partial charge in [0.15, 0.2) is 0 Å². The fraction of sp³-hybridized carbons (Fsp3) is 0.385. The first-order valence-electron chi connectivity index (χ1n) is 7.20. The van der Waals surface area contributed by atoms with Crippen molar-refractivity contribution in [3.05, 3.63) is 24.2 Å². The molecule has 4 heterocycles. The molecule has 126 valence electrons. The van der Waals surface area contributed by atoms with Crippen LogP contribution >= 0.6 is 0 Å². The van der Waals surface area contributed by atoms with Gasteiger partial charge in [-0.2, -0.15) is 18.3 Å². The number of hydrogen-bond donors (Lipinski definition) is 2. The first-order valence-corrected chi connectivity index (χ1v) is 7.20. The second kappa shape index (κ2) is 5.44. The standard InChI is InChI=1S/C13H12F3N7O/c14-13(15,16)12-20-11(21-22-12)9-10(7-4-17-6-18-7)23-2-1-3-24-5-8(23)19-9/h4,6H,1-3,5H2,(H,17,18)(H,20,21,22). The topological polar surface area (TPSA) is 97.3 Å². The molecule has 4 rings (SSSR count). The van der Waals surface area contributed by atoms with Gasteiger partial charge >= 0.3 is 6.18 Å². The van der Waals surface area contributed by atoms with E-state index in [4.69, 9.17) is 4.74 Å². The van der Waals surface area contributed by atoms with Crippen LogP contribution in [0.2, 0.25) is 0 Å². The summed E-state index contributed by atoms with van der Waals surface area (Å²) in [5.74, 6) is -0.662. The summed E-state index contributed by atoms with van der Waals surface area (Å²) in [5, 5.41) is 5.60. The Labute approximate surface area is 133 Å². The minimum Gasteiger partial charge on any atom is -0.373 e. The number of alkyl halides is 3. The Morgan fingerprint density at radius 3 is 2.83 bits per heavy atom. The Bertz CT molecular complexity index is 850. The smallest absolute Gasteiger partial charge is 0.373 e. The van der Waals surface area contributed by atoms with E-state index in [1.54, 1.807) is 6.20 Å². The van der Waals surface area contributed by atoms with Gasteiger partial charge in [0.05, 0.1) is 23.9 Å². The maximum Gasteiger partial charge on any atom is 0.451 e. The Hall–Kier alpha value is -2.69. The molecular weight excluding hydrogens is 327 g/mol. The summed E-state index contributed by atoms with van der Waals surface area (Å²) in [5.41, 5.74) is 1.48. The number of aromatic nitrogens is 7. The molecule has 0 spiro atoms. The van der Waals surface area contributed by atoms with E-state index in [0.29, 0.717) is 30.4 Å². The Balaban J connectivity index is 1.88. The van der Waals surface area contributed by atoms with Crippen molar-refractivity contribution in [2.45, 2.75) is 25.7 Å². The van der Waals surface area contributed by atoms with Crippen molar-refractivity contribution in [3.8, 4) is 22.9 Å². The highest BCUT2D eigenvalue weighted by atomic mass is 19.4. The third-order valence-corrected chi connectivity index (χ3v) is 3.67. The summed E-state index contributed by atoms with van der Waals surface area (Å²) in [6.07, 6.45) is -0.757. The second-order valence-corrected chi connectivity index (χ2v) is 5.25. The normalized spacial score (nSPS) is 15.3. The molecule has 3 aromatic heterocycles. The first kappa shape index (κ1) is 14.9. The minimum absolute atomic E-state index is 0.118. The van der Waals surface area contributed by atoms with E-state index in [9.17, 15) is 13.2 Å². The SMILES string of the molecule is FC(F)(F)c1nc(-c2nc3n(c2-c2cnc[nH]2)CCCOC3)n[nH]1. The molecule has 0 unspecified atom stereocenters. The maximum absolute atomic E-state index is 12.8. The molecule has 24 heavy (non-hydrogen) atoms. The predicted molar refractivity (Wildman–Crippen MR) is 74.5 cm³/mol. The van der Waals surface area contributed by atoms with Crippen molar-refractivity contribution in [2.24, 2.45) is 0 Å². The molecule has 0 fully saturated rings. The summed E-state index contributed by atoms with van der Waals surface area (Å²) in [4.78, 5) is 14.9. The van der Waals surface area contributed by atoms with Crippen LogP contribution in [0.4, 0.5) is 13.2 Å². The van der Waals surface area contributed by atoms with Gasteiger partial charge in [-0.25, -0.2) is 15.0 Å². The summed E-state index contributed by atoms with van der Waals surface area (Å²) < 4.78 is 45.7. The fourth-order valence-corrected chi connectivity index (χ4v) is 2.65. The van der Waals surface area contributed by atoms with Gasteiger partial charge < -0.3 is 14.3 Å². The van der Waals surface area contributed by atoms with Crippen LogP contribution in [0.3, 0.4) is 0 Å². The lowest BCUT2D eigenvalue weighted by Gasteiger charge is -2.07. The van der Waals surface area contributed by atoms with Crippen LogP contribution in [0.25, 0.3) is 22.9 Å². The number of halogens is 3. The quantitative estimate of drug-likeness (QED) is 0.744. The summed E-state index contributed by atoms with van der Waals surface area (Å²) >= 11 is 0. The van der Waals surface area contributed by atoms with E-state index in [1.807, 2.05) is 9.67 Å². The van der Waals surface area contributed by atoms with Crippen LogP contribution in [0.5, 0.6) is 0 Å². The number of nitrogens with one attached hydrogen (secondary N) is 2. The Morgan fingerprint density at radius 1 is 1.25 bits per heavy atom. The molecule has 1 aliphatic heterocycles. The molecule has 0 radical (unpaired) electrons. The molecule has 1 aliphatic rings. The predicted octanol–water partition coefficient (Wildman–Crippen LogP) is 2.00. The Kier molecular flexibility index (Phi) is 3.37. The Morgan fingerprint density at radius 2 is 2.12 bits per heavy atom. The van der Waals surface area contributed by atoms with Crippen LogP contribution in [0.1, 0.15) is 18.1 Å². The van der Waals surface area contributed by atoms with E-state index in [0.717, 1.165) is 6.42 Å². The molecular formula is C13H12F3N7O. The average molecular weight is 339 g/mol. The van der Waals surface area contributed by atoms with Gasteiger partial charge in [0.1, 0.15) is 18.1 Å². The van der Waals surface area contributed by atoms with Crippen LogP contribution in [-0.4, -0.2) is 41.3 Å². The zero-order valence-electron chi connectivity index (χ0n) is 12.3. The van der Waals surface area contributed by atoms with Crippen LogP contribution < -0.4 is 0 Å². The largest absolute Gasteiger partial charge is 0.451 e. The molecule has 0 saturated carbocycles. The molecule has 0 aromatic carbocycles. The van der Waals surface area contributed by atoms with Crippen molar-refractivity contribution in [2.75, 3.05) is 6.61 Å². The number of aromatic amines is 2. The number of rotatable bonds is 2. The molecule has 11 heteroatoms. The number of ether oxygens (including phenoxy) is 1. The van der Waals surface area contributed by atoms with E-state index >= 15 is 0 Å². The van der Waals surface area contributed by atoms with Gasteiger partial charge in [-0.05, 0) is 6.42 Å². The van der Waals surface area contributed by atoms with Crippen LogP contribution in [0.15, 0.2) is 12.5 Å². The zero-order valence-corrected chi connectivity index (χ0v) is 12.3. The zero-order chi connectivity index (χ0) is 16.7. The van der Waals surface area contributed by atoms with E-state index in [1.165, 1.54) is 6.33 Å². The molecule has 0 saturated heterocycles. The number of fused-ring (bicyclic) bond motifs is 1. The van der Waals surface area contributed by atoms with Crippen molar-refractivity contribution < 1.29 is 17.9 Å². The lowest BCUT2D eigenvalue weighted by Crippen LogP contribution is -2.07. The van der Waals surface area contributed by atoms with Gasteiger partial charge in [-0.1, -0.05) is 0 Å². The number of nitrogens with zero attached hydrogens (tertiary/aromatic N) is 5. The van der Waals surface area contributed by atoms with Crippen molar-refractivity contribution in [3.63, 3.8) is 0 Å². The van der Waals surface area contributed by atoms with Gasteiger partial charge in [0, 0.05) is 13.2 Å². The highest BCUT2D eigenvalue weighted by Gasteiger charge is 2.36.